The Balaban J connectivity index is -0.000000130. The summed E-state index contributed by atoms with van der Waals surface area (Å²) in [5, 5.41) is 0. The summed E-state index contributed by atoms with van der Waals surface area (Å²) in [5.41, 5.74) is 3.30. The molecular weight excluding hydrogens is 430 g/mol. The molecule has 2 rings (SSSR count). The standard InChI is InChI=1S/2C9H13.C2H7Si.2ClH.Zr/c2*1-9(2,3)8-6-4-5-7-8;1-3-2;;;/h2*4,6H,5H2,1-3H3;3H,1-2H3;2*1H;/q2*-1;;;;+4/p-2. The number of allylic oxidation sites excluding steroid dienone is 8. The summed E-state index contributed by atoms with van der Waals surface area (Å²) in [4.78, 5) is 0. The van der Waals surface area contributed by atoms with Crippen molar-refractivity contribution >= 4 is 9.52 Å². The van der Waals surface area contributed by atoms with Gasteiger partial charge in [0, 0.05) is 9.52 Å². The second-order valence-corrected chi connectivity index (χ2v) is 8.63. The van der Waals surface area contributed by atoms with E-state index in [0.29, 0.717) is 10.8 Å². The van der Waals surface area contributed by atoms with Gasteiger partial charge in [0.25, 0.3) is 0 Å². The van der Waals surface area contributed by atoms with Crippen molar-refractivity contribution in [2.75, 3.05) is 0 Å². The molecule has 0 saturated carbocycles. The molecule has 0 atom stereocenters. The third kappa shape index (κ3) is 14.9. The summed E-state index contributed by atoms with van der Waals surface area (Å²) in [5.74, 6) is 0. The van der Waals surface area contributed by atoms with Gasteiger partial charge in [0.15, 0.2) is 0 Å². The fourth-order valence-corrected chi connectivity index (χ4v) is 1.84. The van der Waals surface area contributed by atoms with Crippen LogP contribution in [-0.4, -0.2) is 9.52 Å². The van der Waals surface area contributed by atoms with Gasteiger partial charge in [-0.1, -0.05) is 54.6 Å². The molecule has 4 heteroatoms. The van der Waals surface area contributed by atoms with Crippen LogP contribution in [0.5, 0.6) is 0 Å². The molecule has 0 bridgehead atoms. The second kappa shape index (κ2) is 15.9. The zero-order valence-corrected chi connectivity index (χ0v) is 21.7. The zero-order valence-electron chi connectivity index (χ0n) is 16.6. The van der Waals surface area contributed by atoms with Crippen LogP contribution >= 0.6 is 0 Å². The van der Waals surface area contributed by atoms with E-state index in [1.165, 1.54) is 11.1 Å². The van der Waals surface area contributed by atoms with Gasteiger partial charge in [0.2, 0.25) is 0 Å². The molecule has 0 fully saturated rings. The Labute approximate surface area is 185 Å². The molecule has 0 saturated heterocycles. The normalized spacial score (nSPS) is 14.5. The second-order valence-electron chi connectivity index (χ2n) is 7.47. The molecule has 0 unspecified atom stereocenters. The van der Waals surface area contributed by atoms with E-state index in [9.17, 15) is 0 Å². The molecule has 0 N–H and O–H groups in total. The quantitative estimate of drug-likeness (QED) is 0.350. The molecule has 2 aliphatic carbocycles. The van der Waals surface area contributed by atoms with Gasteiger partial charge in [-0.15, -0.1) is 12.8 Å². The minimum atomic E-state index is 0. The summed E-state index contributed by atoms with van der Waals surface area (Å²) in [6, 6.07) is 0. The van der Waals surface area contributed by atoms with Gasteiger partial charge < -0.3 is 24.8 Å². The molecule has 0 aromatic heterocycles. The van der Waals surface area contributed by atoms with E-state index < -0.39 is 0 Å². The van der Waals surface area contributed by atoms with Crippen molar-refractivity contribution in [3.05, 3.63) is 47.6 Å². The predicted octanol–water partition coefficient (Wildman–Crippen LogP) is -0.0314. The fraction of sp³-hybridized carbons (Fsp3) is 0.600. The van der Waals surface area contributed by atoms with Crippen LogP contribution in [0.4, 0.5) is 0 Å². The van der Waals surface area contributed by atoms with E-state index in [1.807, 2.05) is 0 Å². The Kier molecular flexibility index (Phi) is 21.4. The van der Waals surface area contributed by atoms with Crippen LogP contribution in [0.25, 0.3) is 0 Å². The van der Waals surface area contributed by atoms with Crippen molar-refractivity contribution in [1.82, 2.24) is 0 Å². The van der Waals surface area contributed by atoms with Crippen LogP contribution in [0.2, 0.25) is 13.1 Å². The summed E-state index contributed by atoms with van der Waals surface area (Å²) in [7, 11) is 0.750. The average molecular weight is 464 g/mol. The Hall–Kier alpha value is 0.640. The summed E-state index contributed by atoms with van der Waals surface area (Å²) < 4.78 is 0. The SMILES string of the molecule is CC(C)(C)C1=[C-]CC=C1.CC(C)(C)C1=[C-]CC=C1.C[SiH]C.[Cl-].[Cl-].[Zr+4]. The van der Waals surface area contributed by atoms with E-state index in [2.05, 4.69) is 91.1 Å². The predicted molar refractivity (Wildman–Crippen MR) is 98.8 cm³/mol. The summed E-state index contributed by atoms with van der Waals surface area (Å²) in [6.07, 6.45) is 17.3. The topological polar surface area (TPSA) is 0 Å². The van der Waals surface area contributed by atoms with Crippen LogP contribution in [0, 0.1) is 23.0 Å². The van der Waals surface area contributed by atoms with E-state index >= 15 is 0 Å². The van der Waals surface area contributed by atoms with Crippen LogP contribution < -0.4 is 24.8 Å². The van der Waals surface area contributed by atoms with Gasteiger partial charge in [-0.2, -0.15) is 12.2 Å². The number of hydrogen-bond acceptors (Lipinski definition) is 0. The Bertz CT molecular complexity index is 382. The van der Waals surface area contributed by atoms with E-state index in [4.69, 9.17) is 0 Å². The minimum Gasteiger partial charge on any atom is -1.00 e. The molecule has 0 aromatic carbocycles. The maximum absolute atomic E-state index is 3.30. The molecule has 1 radical (unpaired) electrons. The Morgan fingerprint density at radius 1 is 0.750 bits per heavy atom. The third-order valence-electron chi connectivity index (χ3n) is 3.01. The molecule has 0 aliphatic heterocycles. The molecule has 0 nitrogen and oxygen atoms in total. The van der Waals surface area contributed by atoms with Gasteiger partial charge in [-0.25, -0.2) is 23.3 Å². The number of rotatable bonds is 0. The van der Waals surface area contributed by atoms with Crippen LogP contribution in [-0.2, 0) is 26.2 Å². The van der Waals surface area contributed by atoms with Crippen LogP contribution in [0.1, 0.15) is 54.4 Å². The minimum absolute atomic E-state index is 0. The van der Waals surface area contributed by atoms with E-state index in [0.717, 1.165) is 22.4 Å². The first-order valence-corrected chi connectivity index (χ1v) is 10.2. The maximum Gasteiger partial charge on any atom is 4.00 e. The zero-order chi connectivity index (χ0) is 16.5. The average Bonchev–Trinajstić information content (AvgIpc) is 3.03. The molecule has 2 aliphatic rings. The van der Waals surface area contributed by atoms with Gasteiger partial charge in [0.05, 0.1) is 0 Å². The fourth-order valence-electron chi connectivity index (χ4n) is 1.84. The Morgan fingerprint density at radius 3 is 1.08 bits per heavy atom. The van der Waals surface area contributed by atoms with Crippen molar-refractivity contribution in [1.29, 1.82) is 0 Å². The van der Waals surface area contributed by atoms with Gasteiger partial charge in [0.1, 0.15) is 0 Å². The van der Waals surface area contributed by atoms with Gasteiger partial charge in [-0.05, 0) is 10.8 Å². The molecule has 0 heterocycles. The number of halogens is 2. The van der Waals surface area contributed by atoms with Crippen LogP contribution in [0.15, 0.2) is 35.5 Å². The number of hydrogen-bond donors (Lipinski definition) is 0. The molecular formula is C20H33Cl2SiZr. The van der Waals surface area contributed by atoms with Crippen molar-refractivity contribution < 1.29 is 51.0 Å². The Morgan fingerprint density at radius 2 is 1.00 bits per heavy atom. The molecule has 135 valence electrons. The molecule has 0 amide bonds. The van der Waals surface area contributed by atoms with E-state index in [1.54, 1.807) is 0 Å². The first kappa shape index (κ1) is 32.3. The van der Waals surface area contributed by atoms with Crippen LogP contribution in [0.3, 0.4) is 0 Å². The summed E-state index contributed by atoms with van der Waals surface area (Å²) >= 11 is 0. The monoisotopic (exact) mass is 461 g/mol. The first-order chi connectivity index (χ1) is 9.62. The van der Waals surface area contributed by atoms with Crippen molar-refractivity contribution in [3.8, 4) is 0 Å². The van der Waals surface area contributed by atoms with Crippen molar-refractivity contribution in [2.45, 2.75) is 67.5 Å². The maximum atomic E-state index is 3.30. The first-order valence-electron chi connectivity index (χ1n) is 7.92. The van der Waals surface area contributed by atoms with Crippen molar-refractivity contribution in [3.63, 3.8) is 0 Å². The molecule has 0 spiro atoms. The molecule has 0 aromatic rings. The third-order valence-corrected chi connectivity index (χ3v) is 3.01. The van der Waals surface area contributed by atoms with Crippen molar-refractivity contribution in [2.24, 2.45) is 10.8 Å². The van der Waals surface area contributed by atoms with Gasteiger partial charge >= 0.3 is 26.2 Å². The summed E-state index contributed by atoms with van der Waals surface area (Å²) in [6.45, 7) is 17.7. The smallest absolute Gasteiger partial charge is 1.00 e. The largest absolute Gasteiger partial charge is 4.00 e. The van der Waals surface area contributed by atoms with Gasteiger partial charge in [-0.3, -0.25) is 12.2 Å². The molecule has 24 heavy (non-hydrogen) atoms. The van der Waals surface area contributed by atoms with E-state index in [-0.39, 0.29) is 51.0 Å².